The molecule has 1 rings (SSSR count). The number of cyclic esters (lactones) is 1. The first-order chi connectivity index (χ1) is 7.58. The van der Waals surface area contributed by atoms with E-state index in [-0.39, 0.29) is 18.3 Å². The SMILES string of the molecule is CC1/C=C/C[C@@H](C)CCC(O)CC(=O)OC1. The number of ether oxygens (including phenoxy) is 1. The molecule has 2 unspecified atom stereocenters. The molecular weight excluding hydrogens is 204 g/mol. The molecule has 92 valence electrons. The van der Waals surface area contributed by atoms with Gasteiger partial charge in [0.1, 0.15) is 0 Å². The number of esters is 1. The van der Waals surface area contributed by atoms with Crippen molar-refractivity contribution in [2.45, 2.75) is 45.6 Å². The van der Waals surface area contributed by atoms with E-state index in [2.05, 4.69) is 19.1 Å². The van der Waals surface area contributed by atoms with Gasteiger partial charge in [-0.15, -0.1) is 0 Å². The second-order valence-electron chi connectivity index (χ2n) is 4.86. The van der Waals surface area contributed by atoms with Gasteiger partial charge in [-0.25, -0.2) is 0 Å². The van der Waals surface area contributed by atoms with Crippen LogP contribution in [0.5, 0.6) is 0 Å². The lowest BCUT2D eigenvalue weighted by molar-refractivity contribution is -0.146. The van der Waals surface area contributed by atoms with E-state index < -0.39 is 6.10 Å². The maximum atomic E-state index is 11.3. The third-order valence-corrected chi connectivity index (χ3v) is 2.91. The molecule has 1 aliphatic rings. The molecule has 3 heteroatoms. The van der Waals surface area contributed by atoms with Crippen LogP contribution < -0.4 is 0 Å². The minimum absolute atomic E-state index is 0.128. The Kier molecular flexibility index (Phi) is 5.53. The first-order valence-electron chi connectivity index (χ1n) is 6.08. The summed E-state index contributed by atoms with van der Waals surface area (Å²) in [4.78, 5) is 11.3. The minimum Gasteiger partial charge on any atom is -0.465 e. The molecule has 0 radical (unpaired) electrons. The summed E-state index contributed by atoms with van der Waals surface area (Å²) in [7, 11) is 0. The van der Waals surface area contributed by atoms with E-state index in [9.17, 15) is 9.90 Å². The molecule has 0 saturated heterocycles. The summed E-state index contributed by atoms with van der Waals surface area (Å²) >= 11 is 0. The van der Waals surface area contributed by atoms with Crippen LogP contribution in [0.1, 0.15) is 39.5 Å². The van der Waals surface area contributed by atoms with Crippen LogP contribution >= 0.6 is 0 Å². The zero-order chi connectivity index (χ0) is 12.0. The van der Waals surface area contributed by atoms with Gasteiger partial charge in [-0.05, 0) is 25.2 Å². The van der Waals surface area contributed by atoms with Gasteiger partial charge in [0.05, 0.1) is 19.1 Å². The van der Waals surface area contributed by atoms with E-state index in [4.69, 9.17) is 4.74 Å². The number of aliphatic hydroxyl groups is 1. The molecule has 1 N–H and O–H groups in total. The molecule has 3 atom stereocenters. The first-order valence-corrected chi connectivity index (χ1v) is 6.08. The Bertz CT molecular complexity index is 248. The smallest absolute Gasteiger partial charge is 0.308 e. The molecule has 0 aromatic carbocycles. The summed E-state index contributed by atoms with van der Waals surface area (Å²) in [5.41, 5.74) is 0. The second-order valence-corrected chi connectivity index (χ2v) is 4.86. The van der Waals surface area contributed by atoms with Crippen LogP contribution in [0, 0.1) is 11.8 Å². The summed E-state index contributed by atoms with van der Waals surface area (Å²) in [5, 5.41) is 9.63. The number of carbonyl (C=O) groups is 1. The normalized spacial score (nSPS) is 35.7. The van der Waals surface area contributed by atoms with Gasteiger partial charge in [0, 0.05) is 5.92 Å². The average molecular weight is 226 g/mol. The third-order valence-electron chi connectivity index (χ3n) is 2.91. The largest absolute Gasteiger partial charge is 0.465 e. The average Bonchev–Trinajstić information content (AvgIpc) is 2.22. The van der Waals surface area contributed by atoms with Crippen molar-refractivity contribution < 1.29 is 14.6 Å². The van der Waals surface area contributed by atoms with Crippen molar-refractivity contribution in [2.75, 3.05) is 6.61 Å². The lowest BCUT2D eigenvalue weighted by Gasteiger charge is -2.16. The van der Waals surface area contributed by atoms with Crippen molar-refractivity contribution in [3.63, 3.8) is 0 Å². The summed E-state index contributed by atoms with van der Waals surface area (Å²) in [6.07, 6.45) is 6.49. The molecular formula is C13H22O3. The molecule has 0 aromatic heterocycles. The Labute approximate surface area is 97.5 Å². The zero-order valence-electron chi connectivity index (χ0n) is 10.2. The van der Waals surface area contributed by atoms with Crippen molar-refractivity contribution >= 4 is 5.97 Å². The molecule has 0 aliphatic carbocycles. The summed E-state index contributed by atoms with van der Waals surface area (Å²) in [6, 6.07) is 0. The molecule has 0 spiro atoms. The van der Waals surface area contributed by atoms with Gasteiger partial charge in [-0.3, -0.25) is 4.79 Å². The summed E-state index contributed by atoms with van der Waals surface area (Å²) in [6.45, 7) is 4.61. The number of carbonyl (C=O) groups excluding carboxylic acids is 1. The van der Waals surface area contributed by atoms with E-state index in [1.807, 2.05) is 6.92 Å². The maximum absolute atomic E-state index is 11.3. The van der Waals surface area contributed by atoms with Crippen LogP contribution in [-0.4, -0.2) is 23.8 Å². The number of allylic oxidation sites excluding steroid dienone is 1. The predicted octanol–water partition coefficient (Wildman–Crippen LogP) is 2.29. The fraction of sp³-hybridized carbons (Fsp3) is 0.769. The fourth-order valence-electron chi connectivity index (χ4n) is 1.77. The van der Waals surface area contributed by atoms with Gasteiger partial charge in [0.15, 0.2) is 0 Å². The molecule has 0 amide bonds. The van der Waals surface area contributed by atoms with Crippen LogP contribution in [0.3, 0.4) is 0 Å². The van der Waals surface area contributed by atoms with Gasteiger partial charge in [-0.1, -0.05) is 26.0 Å². The molecule has 16 heavy (non-hydrogen) atoms. The van der Waals surface area contributed by atoms with Gasteiger partial charge in [0.2, 0.25) is 0 Å². The van der Waals surface area contributed by atoms with Gasteiger partial charge in [-0.2, -0.15) is 0 Å². The van der Waals surface area contributed by atoms with Crippen LogP contribution in [0.4, 0.5) is 0 Å². The highest BCUT2D eigenvalue weighted by atomic mass is 16.5. The van der Waals surface area contributed by atoms with Gasteiger partial charge in [0.25, 0.3) is 0 Å². The molecule has 0 aromatic rings. The molecule has 1 heterocycles. The minimum atomic E-state index is -0.548. The van der Waals surface area contributed by atoms with Crippen LogP contribution in [0.2, 0.25) is 0 Å². The van der Waals surface area contributed by atoms with E-state index in [0.717, 1.165) is 12.8 Å². The highest BCUT2D eigenvalue weighted by Gasteiger charge is 2.14. The Morgan fingerprint density at radius 1 is 1.38 bits per heavy atom. The van der Waals surface area contributed by atoms with Crippen molar-refractivity contribution in [3.8, 4) is 0 Å². The molecule has 0 fully saturated rings. The van der Waals surface area contributed by atoms with E-state index in [1.54, 1.807) is 0 Å². The molecule has 3 nitrogen and oxygen atoms in total. The Hall–Kier alpha value is -0.830. The van der Waals surface area contributed by atoms with Crippen molar-refractivity contribution in [1.82, 2.24) is 0 Å². The van der Waals surface area contributed by atoms with E-state index in [0.29, 0.717) is 18.9 Å². The van der Waals surface area contributed by atoms with E-state index in [1.165, 1.54) is 0 Å². The van der Waals surface area contributed by atoms with Crippen molar-refractivity contribution in [3.05, 3.63) is 12.2 Å². The topological polar surface area (TPSA) is 46.5 Å². The summed E-state index contributed by atoms with van der Waals surface area (Å²) < 4.78 is 5.07. The number of rotatable bonds is 0. The maximum Gasteiger partial charge on any atom is 0.308 e. The number of hydrogen-bond donors (Lipinski definition) is 1. The van der Waals surface area contributed by atoms with E-state index >= 15 is 0 Å². The Morgan fingerprint density at radius 3 is 2.88 bits per heavy atom. The first kappa shape index (κ1) is 13.2. The Morgan fingerprint density at radius 2 is 2.12 bits per heavy atom. The number of aliphatic hydroxyl groups excluding tert-OH is 1. The van der Waals surface area contributed by atoms with Crippen LogP contribution in [-0.2, 0) is 9.53 Å². The lowest BCUT2D eigenvalue weighted by atomic mass is 9.97. The van der Waals surface area contributed by atoms with Gasteiger partial charge >= 0.3 is 5.97 Å². The molecule has 1 aliphatic heterocycles. The molecule has 0 saturated carbocycles. The zero-order valence-corrected chi connectivity index (χ0v) is 10.2. The quantitative estimate of drug-likeness (QED) is 0.509. The van der Waals surface area contributed by atoms with Crippen molar-refractivity contribution in [1.29, 1.82) is 0 Å². The lowest BCUT2D eigenvalue weighted by Crippen LogP contribution is -2.19. The van der Waals surface area contributed by atoms with Crippen molar-refractivity contribution in [2.24, 2.45) is 11.8 Å². The number of hydrogen-bond acceptors (Lipinski definition) is 3. The fourth-order valence-corrected chi connectivity index (χ4v) is 1.77. The Balaban J connectivity index is 2.54. The highest BCUT2D eigenvalue weighted by molar-refractivity contribution is 5.69. The van der Waals surface area contributed by atoms with Crippen LogP contribution in [0.15, 0.2) is 12.2 Å². The third kappa shape index (κ3) is 5.31. The monoisotopic (exact) mass is 226 g/mol. The summed E-state index contributed by atoms with van der Waals surface area (Å²) in [5.74, 6) is 0.530. The highest BCUT2D eigenvalue weighted by Crippen LogP contribution is 2.16. The second kappa shape index (κ2) is 6.69. The van der Waals surface area contributed by atoms with Crippen LogP contribution in [0.25, 0.3) is 0 Å². The standard InChI is InChI=1S/C13H22O3/c1-10-4-3-5-11(2)9-16-13(15)8-12(14)7-6-10/h3,5,10-12,14H,4,6-9H2,1-2H3/b5-3+/t10-,11?,12?/m1/s1. The van der Waals surface area contributed by atoms with Gasteiger partial charge < -0.3 is 9.84 Å². The predicted molar refractivity (Wildman–Crippen MR) is 62.9 cm³/mol. The molecule has 0 bridgehead atoms.